The van der Waals surface area contributed by atoms with Gasteiger partial charge >= 0.3 is 11.9 Å². The summed E-state index contributed by atoms with van der Waals surface area (Å²) in [6, 6.07) is 10.1. The third-order valence-corrected chi connectivity index (χ3v) is 4.63. The lowest BCUT2D eigenvalue weighted by atomic mass is 10.1. The molecule has 120 valence electrons. The highest BCUT2D eigenvalue weighted by atomic mass is 32.2. The standard InChI is InChI=1S/C16H20O5S/c1-11(17)20-14-9-19-16(21-12(2)18)8-15(14)22-10-13-6-4-3-5-7-13/h3-7,14-16H,8-10H2,1-2H3/t14-,15-,16?/m1/s1. The van der Waals surface area contributed by atoms with E-state index in [1.54, 1.807) is 11.8 Å². The van der Waals surface area contributed by atoms with Crippen LogP contribution in [0.3, 0.4) is 0 Å². The minimum Gasteiger partial charge on any atom is -0.459 e. The lowest BCUT2D eigenvalue weighted by molar-refractivity contribution is -0.200. The average Bonchev–Trinajstić information content (AvgIpc) is 2.47. The largest absolute Gasteiger partial charge is 0.459 e. The van der Waals surface area contributed by atoms with Crippen molar-refractivity contribution in [3.05, 3.63) is 35.9 Å². The number of thioether (sulfide) groups is 1. The molecule has 1 aromatic rings. The minimum absolute atomic E-state index is 0.0298. The fraction of sp³-hybridized carbons (Fsp3) is 0.500. The number of hydrogen-bond acceptors (Lipinski definition) is 6. The molecule has 2 rings (SSSR count). The van der Waals surface area contributed by atoms with E-state index in [-0.39, 0.29) is 29.9 Å². The predicted octanol–water partition coefficient (Wildman–Crippen LogP) is 2.53. The summed E-state index contributed by atoms with van der Waals surface area (Å²) in [6.45, 7) is 2.98. The summed E-state index contributed by atoms with van der Waals surface area (Å²) in [5, 5.41) is 0.0298. The molecular weight excluding hydrogens is 304 g/mol. The molecule has 1 aliphatic rings. The van der Waals surface area contributed by atoms with Crippen LogP contribution in [-0.2, 0) is 29.6 Å². The smallest absolute Gasteiger partial charge is 0.304 e. The lowest BCUT2D eigenvalue weighted by Gasteiger charge is -2.34. The summed E-state index contributed by atoms with van der Waals surface area (Å²) >= 11 is 1.68. The maximum absolute atomic E-state index is 11.2. The molecule has 0 aromatic heterocycles. The molecule has 0 aliphatic carbocycles. The van der Waals surface area contributed by atoms with Crippen molar-refractivity contribution in [2.24, 2.45) is 0 Å². The molecule has 0 bridgehead atoms. The summed E-state index contributed by atoms with van der Waals surface area (Å²) in [4.78, 5) is 22.3. The van der Waals surface area contributed by atoms with Crippen LogP contribution in [0.15, 0.2) is 30.3 Å². The van der Waals surface area contributed by atoms with E-state index in [0.29, 0.717) is 6.42 Å². The zero-order chi connectivity index (χ0) is 15.9. The molecule has 0 amide bonds. The van der Waals surface area contributed by atoms with Gasteiger partial charge in [-0.25, -0.2) is 0 Å². The molecule has 1 heterocycles. The normalized spacial score (nSPS) is 24.5. The number of carbonyl (C=O) groups excluding carboxylic acids is 2. The van der Waals surface area contributed by atoms with Crippen LogP contribution >= 0.6 is 11.8 Å². The van der Waals surface area contributed by atoms with Crippen molar-refractivity contribution in [2.75, 3.05) is 6.61 Å². The molecule has 3 atom stereocenters. The zero-order valence-corrected chi connectivity index (χ0v) is 13.5. The van der Waals surface area contributed by atoms with Crippen molar-refractivity contribution in [3.8, 4) is 0 Å². The van der Waals surface area contributed by atoms with E-state index in [9.17, 15) is 9.59 Å². The predicted molar refractivity (Wildman–Crippen MR) is 83.2 cm³/mol. The highest BCUT2D eigenvalue weighted by molar-refractivity contribution is 7.99. The number of esters is 2. The van der Waals surface area contributed by atoms with Crippen molar-refractivity contribution < 1.29 is 23.8 Å². The maximum Gasteiger partial charge on any atom is 0.304 e. The zero-order valence-electron chi connectivity index (χ0n) is 12.7. The van der Waals surface area contributed by atoms with E-state index in [2.05, 4.69) is 12.1 Å². The summed E-state index contributed by atoms with van der Waals surface area (Å²) in [6.07, 6.45) is -0.384. The van der Waals surface area contributed by atoms with E-state index < -0.39 is 6.29 Å². The molecular formula is C16H20O5S. The summed E-state index contributed by atoms with van der Waals surface area (Å²) in [5.41, 5.74) is 1.20. The van der Waals surface area contributed by atoms with E-state index in [1.807, 2.05) is 18.2 Å². The lowest BCUT2D eigenvalue weighted by Crippen LogP contribution is -2.43. The van der Waals surface area contributed by atoms with Crippen LogP contribution in [0.1, 0.15) is 25.8 Å². The molecule has 1 aromatic carbocycles. The molecule has 0 spiro atoms. The summed E-state index contributed by atoms with van der Waals surface area (Å²) < 4.78 is 15.9. The van der Waals surface area contributed by atoms with Crippen LogP contribution < -0.4 is 0 Å². The molecule has 0 radical (unpaired) electrons. The van der Waals surface area contributed by atoms with Gasteiger partial charge in [-0.1, -0.05) is 30.3 Å². The Hall–Kier alpha value is -1.53. The van der Waals surface area contributed by atoms with Gasteiger partial charge in [0.05, 0.1) is 11.9 Å². The molecule has 0 N–H and O–H groups in total. The second-order valence-electron chi connectivity index (χ2n) is 5.09. The molecule has 1 saturated heterocycles. The third-order valence-electron chi connectivity index (χ3n) is 3.21. The quantitative estimate of drug-likeness (QED) is 0.776. The summed E-state index contributed by atoms with van der Waals surface area (Å²) in [7, 11) is 0. The fourth-order valence-corrected chi connectivity index (χ4v) is 3.50. The first kappa shape index (κ1) is 16.8. The van der Waals surface area contributed by atoms with Crippen LogP contribution in [-0.4, -0.2) is 36.2 Å². The molecule has 5 nitrogen and oxygen atoms in total. The van der Waals surface area contributed by atoms with Crippen molar-refractivity contribution >= 4 is 23.7 Å². The van der Waals surface area contributed by atoms with Crippen LogP contribution in [0.25, 0.3) is 0 Å². The Morgan fingerprint density at radius 1 is 1.18 bits per heavy atom. The molecule has 1 fully saturated rings. The fourth-order valence-electron chi connectivity index (χ4n) is 2.26. The topological polar surface area (TPSA) is 61.8 Å². The number of benzene rings is 1. The maximum atomic E-state index is 11.2. The molecule has 1 unspecified atom stereocenters. The number of hydrogen-bond donors (Lipinski definition) is 0. The van der Waals surface area contributed by atoms with Crippen molar-refractivity contribution in [3.63, 3.8) is 0 Å². The first-order chi connectivity index (χ1) is 10.5. The Labute approximate surface area is 134 Å². The van der Waals surface area contributed by atoms with Gasteiger partial charge in [-0.3, -0.25) is 9.59 Å². The Balaban J connectivity index is 1.96. The first-order valence-electron chi connectivity index (χ1n) is 7.16. The highest BCUT2D eigenvalue weighted by Gasteiger charge is 2.35. The molecule has 6 heteroatoms. The Morgan fingerprint density at radius 2 is 1.86 bits per heavy atom. The van der Waals surface area contributed by atoms with Crippen molar-refractivity contribution in [1.82, 2.24) is 0 Å². The Morgan fingerprint density at radius 3 is 2.50 bits per heavy atom. The van der Waals surface area contributed by atoms with Gasteiger partial charge in [0.15, 0.2) is 0 Å². The van der Waals surface area contributed by atoms with Gasteiger partial charge < -0.3 is 14.2 Å². The highest BCUT2D eigenvalue weighted by Crippen LogP contribution is 2.30. The number of rotatable bonds is 5. The summed E-state index contributed by atoms with van der Waals surface area (Å²) in [5.74, 6) is 0.100. The number of ether oxygens (including phenoxy) is 3. The van der Waals surface area contributed by atoms with Gasteiger partial charge in [0.25, 0.3) is 0 Å². The second kappa shape index (κ2) is 8.19. The monoisotopic (exact) mass is 324 g/mol. The van der Waals surface area contributed by atoms with Crippen LogP contribution in [0, 0.1) is 0 Å². The average molecular weight is 324 g/mol. The Kier molecular flexibility index (Phi) is 6.27. The van der Waals surface area contributed by atoms with Crippen LogP contribution in [0.5, 0.6) is 0 Å². The van der Waals surface area contributed by atoms with Crippen LogP contribution in [0.4, 0.5) is 0 Å². The van der Waals surface area contributed by atoms with E-state index >= 15 is 0 Å². The molecule has 1 aliphatic heterocycles. The van der Waals surface area contributed by atoms with Gasteiger partial charge in [0.2, 0.25) is 6.29 Å². The van der Waals surface area contributed by atoms with E-state index in [4.69, 9.17) is 14.2 Å². The Bertz CT molecular complexity index is 505. The third kappa shape index (κ3) is 5.35. The van der Waals surface area contributed by atoms with Crippen LogP contribution in [0.2, 0.25) is 0 Å². The second-order valence-corrected chi connectivity index (χ2v) is 6.32. The van der Waals surface area contributed by atoms with E-state index in [0.717, 1.165) is 5.75 Å². The van der Waals surface area contributed by atoms with Gasteiger partial charge in [-0.2, -0.15) is 0 Å². The SMILES string of the molecule is CC(=O)OC1C[C@@H](SCc2ccccc2)[C@H](OC(C)=O)CO1. The first-order valence-corrected chi connectivity index (χ1v) is 8.21. The van der Waals surface area contributed by atoms with E-state index in [1.165, 1.54) is 19.4 Å². The van der Waals surface area contributed by atoms with Gasteiger partial charge in [-0.15, -0.1) is 11.8 Å². The van der Waals surface area contributed by atoms with Crippen molar-refractivity contribution in [1.29, 1.82) is 0 Å². The molecule has 22 heavy (non-hydrogen) atoms. The minimum atomic E-state index is -0.572. The van der Waals surface area contributed by atoms with Gasteiger partial charge in [-0.05, 0) is 5.56 Å². The van der Waals surface area contributed by atoms with Crippen molar-refractivity contribution in [2.45, 2.75) is 43.7 Å². The molecule has 0 saturated carbocycles. The van der Waals surface area contributed by atoms with Gasteiger partial charge in [0.1, 0.15) is 6.10 Å². The van der Waals surface area contributed by atoms with Gasteiger partial charge in [0, 0.05) is 26.0 Å². The number of carbonyl (C=O) groups is 2.